The molecule has 1 aliphatic heterocycles. The number of anilines is 2. The number of carbonyl (C=O) groups excluding carboxylic acids is 2. The fourth-order valence-electron chi connectivity index (χ4n) is 3.85. The molecule has 216 valence electrons. The Bertz CT molecular complexity index is 1100. The summed E-state index contributed by atoms with van der Waals surface area (Å²) in [5.74, 6) is -0.763. The standard InChI is InChI=1S/C24H33ClN8O4.2ClH/c25-20-22(27)32-21(26)19(31-20)23(35)33(24(28)29)12-2-1-3-15-4-6-17(7-5-15)36-14-18(34)37-13-16-8-10-30-11-9-16;;/h4-7,16,30H,1-3,8-14H2,(H3,28,29)(H4,26,27,32);2*1H. The van der Waals surface area contributed by atoms with E-state index in [1.807, 2.05) is 12.1 Å². The SMILES string of the molecule is Cl.Cl.N=C(N)N(CCCCc1ccc(OCC(=O)OCC2CCNCC2)cc1)C(=O)c1nc(Cl)c(N)nc1N. The lowest BCUT2D eigenvalue weighted by molar-refractivity contribution is -0.147. The van der Waals surface area contributed by atoms with Crippen LogP contribution in [0.5, 0.6) is 5.75 Å². The third-order valence-electron chi connectivity index (χ3n) is 5.96. The van der Waals surface area contributed by atoms with E-state index in [1.54, 1.807) is 12.1 Å². The monoisotopic (exact) mass is 604 g/mol. The molecule has 1 amide bonds. The number of rotatable bonds is 11. The van der Waals surface area contributed by atoms with E-state index in [0.29, 0.717) is 24.7 Å². The molecular formula is C24H35Cl3N8O4. The number of halogens is 3. The molecule has 0 bridgehead atoms. The number of hydrogen-bond donors (Lipinski definition) is 5. The van der Waals surface area contributed by atoms with Gasteiger partial charge in [0, 0.05) is 6.54 Å². The van der Waals surface area contributed by atoms with Gasteiger partial charge in [-0.15, -0.1) is 24.8 Å². The molecule has 3 rings (SSSR count). The van der Waals surface area contributed by atoms with Crippen LogP contribution in [0.25, 0.3) is 0 Å². The summed E-state index contributed by atoms with van der Waals surface area (Å²) < 4.78 is 10.9. The van der Waals surface area contributed by atoms with Crippen LogP contribution in [0, 0.1) is 11.3 Å². The van der Waals surface area contributed by atoms with Crippen molar-refractivity contribution in [2.45, 2.75) is 32.1 Å². The van der Waals surface area contributed by atoms with Gasteiger partial charge < -0.3 is 32.0 Å². The minimum Gasteiger partial charge on any atom is -0.482 e. The molecule has 1 fully saturated rings. The van der Waals surface area contributed by atoms with Crippen LogP contribution in [-0.4, -0.2) is 65.6 Å². The van der Waals surface area contributed by atoms with E-state index in [4.69, 9.17) is 43.7 Å². The van der Waals surface area contributed by atoms with Crippen molar-refractivity contribution in [2.75, 3.05) is 44.3 Å². The number of aromatic nitrogens is 2. The van der Waals surface area contributed by atoms with Gasteiger partial charge in [0.25, 0.3) is 5.91 Å². The Morgan fingerprint density at radius 2 is 1.74 bits per heavy atom. The third kappa shape index (κ3) is 10.6. The molecule has 1 aromatic heterocycles. The minimum absolute atomic E-state index is 0. The lowest BCUT2D eigenvalue weighted by atomic mass is 9.99. The number of hydrogen-bond acceptors (Lipinski definition) is 10. The molecule has 0 atom stereocenters. The number of nitrogens with zero attached hydrogens (tertiary/aromatic N) is 3. The molecule has 2 aromatic rings. The molecule has 1 aromatic carbocycles. The van der Waals surface area contributed by atoms with Crippen LogP contribution in [0.2, 0.25) is 5.15 Å². The van der Waals surface area contributed by atoms with Crippen LogP contribution in [-0.2, 0) is 16.0 Å². The number of piperidine rings is 1. The Morgan fingerprint density at radius 1 is 1.08 bits per heavy atom. The van der Waals surface area contributed by atoms with Crippen molar-refractivity contribution in [3.05, 3.63) is 40.7 Å². The zero-order chi connectivity index (χ0) is 26.8. The molecule has 0 unspecified atom stereocenters. The first-order chi connectivity index (χ1) is 17.7. The van der Waals surface area contributed by atoms with Crippen LogP contribution in [0.15, 0.2) is 24.3 Å². The number of unbranched alkanes of at least 4 members (excludes halogenated alkanes) is 1. The van der Waals surface area contributed by atoms with Crippen LogP contribution in [0.3, 0.4) is 0 Å². The van der Waals surface area contributed by atoms with Gasteiger partial charge >= 0.3 is 5.97 Å². The number of benzene rings is 1. The summed E-state index contributed by atoms with van der Waals surface area (Å²) in [6.45, 7) is 2.41. The van der Waals surface area contributed by atoms with Crippen molar-refractivity contribution in [1.29, 1.82) is 5.41 Å². The lowest BCUT2D eigenvalue weighted by Gasteiger charge is -2.22. The maximum absolute atomic E-state index is 12.8. The molecule has 2 heterocycles. The summed E-state index contributed by atoms with van der Waals surface area (Å²) in [5, 5.41) is 10.9. The highest BCUT2D eigenvalue weighted by molar-refractivity contribution is 6.31. The Balaban J connectivity index is 0.00000380. The van der Waals surface area contributed by atoms with Gasteiger partial charge in [0.1, 0.15) is 5.75 Å². The Kier molecular flexibility index (Phi) is 14.6. The van der Waals surface area contributed by atoms with E-state index < -0.39 is 11.9 Å². The second-order valence-electron chi connectivity index (χ2n) is 8.74. The lowest BCUT2D eigenvalue weighted by Crippen LogP contribution is -2.42. The number of carbonyl (C=O) groups is 2. The van der Waals surface area contributed by atoms with Crippen molar-refractivity contribution in [2.24, 2.45) is 11.7 Å². The van der Waals surface area contributed by atoms with E-state index in [1.165, 1.54) is 0 Å². The van der Waals surface area contributed by atoms with Gasteiger partial charge in [-0.25, -0.2) is 14.8 Å². The first-order valence-corrected chi connectivity index (χ1v) is 12.4. The number of ether oxygens (including phenoxy) is 2. The topological polar surface area (TPSA) is 196 Å². The maximum atomic E-state index is 12.8. The Morgan fingerprint density at radius 3 is 2.38 bits per heavy atom. The molecular weight excluding hydrogens is 571 g/mol. The molecule has 15 heteroatoms. The van der Waals surface area contributed by atoms with Crippen LogP contribution in [0.1, 0.15) is 41.7 Å². The number of amides is 1. The predicted molar refractivity (Wildman–Crippen MR) is 155 cm³/mol. The van der Waals surface area contributed by atoms with Gasteiger partial charge in [0.15, 0.2) is 35.0 Å². The summed E-state index contributed by atoms with van der Waals surface area (Å²) >= 11 is 5.85. The van der Waals surface area contributed by atoms with Crippen molar-refractivity contribution < 1.29 is 19.1 Å². The quantitative estimate of drug-likeness (QED) is 0.110. The molecule has 39 heavy (non-hydrogen) atoms. The van der Waals surface area contributed by atoms with Gasteiger partial charge in [0.2, 0.25) is 0 Å². The van der Waals surface area contributed by atoms with Gasteiger partial charge in [-0.3, -0.25) is 15.1 Å². The summed E-state index contributed by atoms with van der Waals surface area (Å²) in [5.41, 5.74) is 17.7. The van der Waals surface area contributed by atoms with E-state index in [-0.39, 0.29) is 66.4 Å². The second-order valence-corrected chi connectivity index (χ2v) is 9.10. The number of nitrogens with one attached hydrogen (secondary N) is 2. The zero-order valence-corrected chi connectivity index (χ0v) is 23.7. The van der Waals surface area contributed by atoms with E-state index >= 15 is 0 Å². The van der Waals surface area contributed by atoms with Crippen molar-refractivity contribution in [1.82, 2.24) is 20.2 Å². The number of aryl methyl sites for hydroxylation is 1. The van der Waals surface area contributed by atoms with E-state index in [2.05, 4.69) is 15.3 Å². The van der Waals surface area contributed by atoms with Crippen molar-refractivity contribution >= 4 is 65.9 Å². The number of nitrogen functional groups attached to an aromatic ring is 2. The van der Waals surface area contributed by atoms with Crippen LogP contribution >= 0.6 is 36.4 Å². The molecule has 1 aliphatic rings. The molecule has 0 aliphatic carbocycles. The van der Waals surface area contributed by atoms with Crippen LogP contribution in [0.4, 0.5) is 11.6 Å². The number of nitrogens with two attached hydrogens (primary N) is 3. The third-order valence-corrected chi connectivity index (χ3v) is 6.24. The van der Waals surface area contributed by atoms with Crippen molar-refractivity contribution in [3.63, 3.8) is 0 Å². The first-order valence-electron chi connectivity index (χ1n) is 12.1. The average molecular weight is 606 g/mol. The highest BCUT2D eigenvalue weighted by Gasteiger charge is 2.24. The highest BCUT2D eigenvalue weighted by Crippen LogP contribution is 2.19. The first kappa shape index (κ1) is 34.0. The summed E-state index contributed by atoms with van der Waals surface area (Å²) in [6.07, 6.45) is 4.06. The minimum atomic E-state index is -0.671. The fraction of sp³-hybridized carbons (Fsp3) is 0.458. The average Bonchev–Trinajstić information content (AvgIpc) is 2.89. The van der Waals surface area contributed by atoms with Gasteiger partial charge in [-0.1, -0.05) is 23.7 Å². The van der Waals surface area contributed by atoms with Gasteiger partial charge in [-0.2, -0.15) is 0 Å². The molecule has 0 saturated carbocycles. The van der Waals surface area contributed by atoms with Crippen molar-refractivity contribution in [3.8, 4) is 5.75 Å². The maximum Gasteiger partial charge on any atom is 0.344 e. The van der Waals surface area contributed by atoms with Crippen LogP contribution < -0.4 is 27.3 Å². The summed E-state index contributed by atoms with van der Waals surface area (Å²) in [7, 11) is 0. The molecule has 8 N–H and O–H groups in total. The zero-order valence-electron chi connectivity index (χ0n) is 21.4. The number of esters is 1. The second kappa shape index (κ2) is 16.8. The van der Waals surface area contributed by atoms with E-state index in [9.17, 15) is 9.59 Å². The largest absolute Gasteiger partial charge is 0.482 e. The number of guanidine groups is 1. The highest BCUT2D eigenvalue weighted by atomic mass is 35.5. The van der Waals surface area contributed by atoms with E-state index in [0.717, 1.165) is 49.2 Å². The summed E-state index contributed by atoms with van der Waals surface area (Å²) in [6, 6.07) is 7.42. The predicted octanol–water partition coefficient (Wildman–Crippen LogP) is 2.42. The molecule has 12 nitrogen and oxygen atoms in total. The smallest absolute Gasteiger partial charge is 0.344 e. The fourth-order valence-corrected chi connectivity index (χ4v) is 3.98. The Labute approximate surface area is 244 Å². The normalized spacial score (nSPS) is 12.9. The Hall–Kier alpha value is -3.06. The van der Waals surface area contributed by atoms with Gasteiger partial charge in [0.05, 0.1) is 6.61 Å². The van der Waals surface area contributed by atoms with Gasteiger partial charge in [-0.05, 0) is 68.8 Å². The molecule has 0 spiro atoms. The molecule has 1 saturated heterocycles. The molecule has 0 radical (unpaired) electrons. The summed E-state index contributed by atoms with van der Waals surface area (Å²) in [4.78, 5) is 33.5.